The summed E-state index contributed by atoms with van der Waals surface area (Å²) in [4.78, 5) is 0. The van der Waals surface area contributed by atoms with Crippen LogP contribution in [0, 0.1) is 11.3 Å². The Morgan fingerprint density at radius 2 is 1.25 bits per heavy atom. The second kappa shape index (κ2) is 5.54. The summed E-state index contributed by atoms with van der Waals surface area (Å²) in [5, 5.41) is 0. The highest BCUT2D eigenvalue weighted by molar-refractivity contribution is 5.26. The summed E-state index contributed by atoms with van der Waals surface area (Å²) in [6.07, 6.45) is 13.0. The van der Waals surface area contributed by atoms with Crippen molar-refractivity contribution >= 4 is 0 Å². The lowest BCUT2D eigenvalue weighted by Gasteiger charge is -2.48. The average molecular weight is 270 g/mol. The van der Waals surface area contributed by atoms with Gasteiger partial charge in [-0.25, -0.2) is 0 Å². The highest BCUT2D eigenvalue weighted by Gasteiger charge is 2.41. The van der Waals surface area contributed by atoms with E-state index in [9.17, 15) is 0 Å². The molecule has 1 aromatic rings. The Balaban J connectivity index is 1.88. The van der Waals surface area contributed by atoms with E-state index in [1.54, 1.807) is 5.56 Å². The molecule has 0 amide bonds. The minimum atomic E-state index is 0.505. The molecule has 3 fully saturated rings. The van der Waals surface area contributed by atoms with Crippen LogP contribution in [0.5, 0.6) is 0 Å². The lowest BCUT2D eigenvalue weighted by Crippen LogP contribution is -2.37. The highest BCUT2D eigenvalue weighted by Crippen LogP contribution is 2.53. The SMILES string of the molecule is CC(C)C12CCCC(c3ccccc3)(CCC1)CCC2. The molecule has 1 aromatic carbocycles. The molecule has 0 atom stereocenters. The fourth-order valence-corrected chi connectivity index (χ4v) is 5.18. The predicted octanol–water partition coefficient (Wildman–Crippen LogP) is 6.10. The third-order valence-corrected chi connectivity index (χ3v) is 6.60. The van der Waals surface area contributed by atoms with Crippen LogP contribution >= 0.6 is 0 Å². The maximum atomic E-state index is 2.47. The summed E-state index contributed by atoms with van der Waals surface area (Å²) in [7, 11) is 0. The summed E-state index contributed by atoms with van der Waals surface area (Å²) in [5.41, 5.74) is 2.80. The van der Waals surface area contributed by atoms with E-state index in [0.717, 1.165) is 5.92 Å². The van der Waals surface area contributed by atoms with Crippen LogP contribution in [0.3, 0.4) is 0 Å². The molecule has 0 aliphatic heterocycles. The molecular formula is C20H30. The normalized spacial score (nSPS) is 34.5. The van der Waals surface area contributed by atoms with Gasteiger partial charge in [0.1, 0.15) is 0 Å². The van der Waals surface area contributed by atoms with Crippen LogP contribution in [0.2, 0.25) is 0 Å². The third kappa shape index (κ3) is 2.43. The van der Waals surface area contributed by atoms with Gasteiger partial charge in [0, 0.05) is 0 Å². The number of hydrogen-bond acceptors (Lipinski definition) is 0. The molecule has 3 aliphatic rings. The Labute approximate surface area is 125 Å². The first-order chi connectivity index (χ1) is 9.67. The van der Waals surface area contributed by atoms with Crippen LogP contribution < -0.4 is 0 Å². The Morgan fingerprint density at radius 3 is 1.70 bits per heavy atom. The molecule has 0 N–H and O–H groups in total. The zero-order valence-corrected chi connectivity index (χ0v) is 13.3. The number of benzene rings is 1. The summed E-state index contributed by atoms with van der Waals surface area (Å²) < 4.78 is 0. The van der Waals surface area contributed by atoms with Gasteiger partial charge in [-0.2, -0.15) is 0 Å². The van der Waals surface area contributed by atoms with E-state index >= 15 is 0 Å². The minimum Gasteiger partial charge on any atom is -0.0622 e. The van der Waals surface area contributed by atoms with Gasteiger partial charge < -0.3 is 0 Å². The molecular weight excluding hydrogens is 240 g/mol. The number of hydrogen-bond donors (Lipinski definition) is 0. The molecule has 3 aliphatic carbocycles. The molecule has 3 saturated carbocycles. The molecule has 20 heavy (non-hydrogen) atoms. The van der Waals surface area contributed by atoms with Crippen molar-refractivity contribution in [3.05, 3.63) is 35.9 Å². The van der Waals surface area contributed by atoms with Crippen LogP contribution in [0.25, 0.3) is 0 Å². The molecule has 0 aromatic heterocycles. The second-order valence-corrected chi connectivity index (χ2v) is 7.72. The number of rotatable bonds is 2. The standard InChI is InChI=1S/C20H30/c1-17(2)19-11-6-14-20(15-7-12-19,16-8-13-19)18-9-4-3-5-10-18/h3-5,9-10,17H,6-8,11-16H2,1-2H3. The van der Waals surface area contributed by atoms with Crippen molar-refractivity contribution in [2.24, 2.45) is 11.3 Å². The van der Waals surface area contributed by atoms with E-state index in [4.69, 9.17) is 0 Å². The van der Waals surface area contributed by atoms with Crippen molar-refractivity contribution in [1.82, 2.24) is 0 Å². The fraction of sp³-hybridized carbons (Fsp3) is 0.700. The molecule has 0 radical (unpaired) electrons. The molecule has 0 heteroatoms. The first-order valence-corrected chi connectivity index (χ1v) is 8.73. The topological polar surface area (TPSA) is 0 Å². The molecule has 0 heterocycles. The average Bonchev–Trinajstić information content (AvgIpc) is 2.38. The van der Waals surface area contributed by atoms with Crippen LogP contribution in [-0.4, -0.2) is 0 Å². The van der Waals surface area contributed by atoms with Gasteiger partial charge in [-0.3, -0.25) is 0 Å². The second-order valence-electron chi connectivity index (χ2n) is 7.72. The smallest absolute Gasteiger partial charge is 0.00470 e. The van der Waals surface area contributed by atoms with Crippen LogP contribution in [-0.2, 0) is 5.41 Å². The van der Waals surface area contributed by atoms with Crippen molar-refractivity contribution in [1.29, 1.82) is 0 Å². The van der Waals surface area contributed by atoms with E-state index in [0.29, 0.717) is 10.8 Å². The minimum absolute atomic E-state index is 0.505. The Hall–Kier alpha value is -0.780. The Morgan fingerprint density at radius 1 is 0.750 bits per heavy atom. The van der Waals surface area contributed by atoms with Crippen molar-refractivity contribution in [2.75, 3.05) is 0 Å². The van der Waals surface area contributed by atoms with Crippen molar-refractivity contribution in [3.63, 3.8) is 0 Å². The summed E-state index contributed by atoms with van der Waals surface area (Å²) >= 11 is 0. The molecule has 0 saturated heterocycles. The zero-order chi connectivity index (χ0) is 14.1. The van der Waals surface area contributed by atoms with Gasteiger partial charge in [0.15, 0.2) is 0 Å². The molecule has 0 unspecified atom stereocenters. The van der Waals surface area contributed by atoms with Gasteiger partial charge in [0.25, 0.3) is 0 Å². The molecule has 0 nitrogen and oxygen atoms in total. The molecule has 2 bridgehead atoms. The lowest BCUT2D eigenvalue weighted by atomic mass is 9.57. The van der Waals surface area contributed by atoms with Crippen LogP contribution in [0.1, 0.15) is 77.2 Å². The summed E-state index contributed by atoms with van der Waals surface area (Å²) in [6.45, 7) is 4.93. The van der Waals surface area contributed by atoms with Crippen molar-refractivity contribution < 1.29 is 0 Å². The summed E-state index contributed by atoms with van der Waals surface area (Å²) in [5.74, 6) is 0.866. The first kappa shape index (κ1) is 14.2. The van der Waals surface area contributed by atoms with E-state index < -0.39 is 0 Å². The maximum absolute atomic E-state index is 2.47. The predicted molar refractivity (Wildman–Crippen MR) is 86.9 cm³/mol. The lowest BCUT2D eigenvalue weighted by molar-refractivity contribution is 0.0737. The van der Waals surface area contributed by atoms with E-state index in [-0.39, 0.29) is 0 Å². The van der Waals surface area contributed by atoms with Crippen LogP contribution in [0.15, 0.2) is 30.3 Å². The van der Waals surface area contributed by atoms with Gasteiger partial charge in [0.2, 0.25) is 0 Å². The molecule has 0 spiro atoms. The number of fused-ring (bicyclic) bond motifs is 6. The Kier molecular flexibility index (Phi) is 3.93. The van der Waals surface area contributed by atoms with E-state index in [1.165, 1.54) is 57.8 Å². The first-order valence-electron chi connectivity index (χ1n) is 8.73. The van der Waals surface area contributed by atoms with Crippen LogP contribution in [0.4, 0.5) is 0 Å². The third-order valence-electron chi connectivity index (χ3n) is 6.60. The fourth-order valence-electron chi connectivity index (χ4n) is 5.18. The van der Waals surface area contributed by atoms with Gasteiger partial charge in [-0.1, -0.05) is 63.4 Å². The quantitative estimate of drug-likeness (QED) is 0.608. The zero-order valence-electron chi connectivity index (χ0n) is 13.3. The van der Waals surface area contributed by atoms with Gasteiger partial charge in [-0.05, 0) is 60.8 Å². The van der Waals surface area contributed by atoms with E-state index in [1.807, 2.05) is 0 Å². The highest BCUT2D eigenvalue weighted by atomic mass is 14.5. The molecule has 110 valence electrons. The van der Waals surface area contributed by atoms with Gasteiger partial charge in [0.05, 0.1) is 0 Å². The monoisotopic (exact) mass is 270 g/mol. The Bertz CT molecular complexity index is 399. The largest absolute Gasteiger partial charge is 0.0622 e. The summed E-state index contributed by atoms with van der Waals surface area (Å²) in [6, 6.07) is 11.4. The van der Waals surface area contributed by atoms with Crippen molar-refractivity contribution in [3.8, 4) is 0 Å². The van der Waals surface area contributed by atoms with Gasteiger partial charge in [-0.15, -0.1) is 0 Å². The maximum Gasteiger partial charge on any atom is -0.00470 e. The van der Waals surface area contributed by atoms with Crippen molar-refractivity contribution in [2.45, 2.75) is 77.0 Å². The van der Waals surface area contributed by atoms with Gasteiger partial charge >= 0.3 is 0 Å². The molecule has 4 rings (SSSR count). The van der Waals surface area contributed by atoms with E-state index in [2.05, 4.69) is 44.2 Å².